The highest BCUT2D eigenvalue weighted by atomic mass is 32.2. The molecule has 2 aromatic rings. The van der Waals surface area contributed by atoms with Crippen LogP contribution in [0.4, 0.5) is 5.69 Å². The van der Waals surface area contributed by atoms with Gasteiger partial charge in [0.25, 0.3) is 5.69 Å². The SMILES string of the molecule is CCOC(=O)C1(c2ccc([N+](=O)[O-])cc2)NN=C(c2ccc(C)cc2)S1. The first-order valence-electron chi connectivity index (χ1n) is 7.99. The summed E-state index contributed by atoms with van der Waals surface area (Å²) in [5.74, 6) is -0.496. The Morgan fingerprint density at radius 1 is 1.23 bits per heavy atom. The summed E-state index contributed by atoms with van der Waals surface area (Å²) in [5, 5.41) is 15.9. The van der Waals surface area contributed by atoms with Crippen LogP contribution >= 0.6 is 11.8 Å². The Balaban J connectivity index is 1.95. The molecule has 1 atom stereocenters. The number of ether oxygens (including phenoxy) is 1. The summed E-state index contributed by atoms with van der Waals surface area (Å²) in [6, 6.07) is 13.6. The summed E-state index contributed by atoms with van der Waals surface area (Å²) in [5.41, 5.74) is 5.38. The molecule has 7 nitrogen and oxygen atoms in total. The van der Waals surface area contributed by atoms with Gasteiger partial charge in [-0.3, -0.25) is 15.5 Å². The van der Waals surface area contributed by atoms with Crippen LogP contribution < -0.4 is 5.43 Å². The molecule has 0 bridgehead atoms. The van der Waals surface area contributed by atoms with Crippen molar-refractivity contribution in [3.05, 3.63) is 75.3 Å². The van der Waals surface area contributed by atoms with Crippen molar-refractivity contribution in [2.45, 2.75) is 18.7 Å². The first-order chi connectivity index (χ1) is 12.5. The Morgan fingerprint density at radius 3 is 2.46 bits per heavy atom. The van der Waals surface area contributed by atoms with Gasteiger partial charge in [0.2, 0.25) is 4.87 Å². The molecule has 0 spiro atoms. The van der Waals surface area contributed by atoms with Gasteiger partial charge in [0.1, 0.15) is 5.04 Å². The van der Waals surface area contributed by atoms with Crippen LogP contribution in [-0.4, -0.2) is 22.5 Å². The number of rotatable bonds is 5. The summed E-state index contributed by atoms with van der Waals surface area (Å²) < 4.78 is 5.24. The number of esters is 1. The van der Waals surface area contributed by atoms with Gasteiger partial charge >= 0.3 is 5.97 Å². The van der Waals surface area contributed by atoms with E-state index in [-0.39, 0.29) is 12.3 Å². The van der Waals surface area contributed by atoms with E-state index in [4.69, 9.17) is 4.74 Å². The lowest BCUT2D eigenvalue weighted by Gasteiger charge is -2.25. The molecule has 8 heteroatoms. The number of carbonyl (C=O) groups is 1. The largest absolute Gasteiger partial charge is 0.463 e. The van der Waals surface area contributed by atoms with E-state index in [0.29, 0.717) is 10.6 Å². The van der Waals surface area contributed by atoms with Gasteiger partial charge in [-0.05, 0) is 26.0 Å². The lowest BCUT2D eigenvalue weighted by molar-refractivity contribution is -0.384. The van der Waals surface area contributed by atoms with Crippen molar-refractivity contribution in [2.75, 3.05) is 6.61 Å². The molecule has 0 radical (unpaired) electrons. The van der Waals surface area contributed by atoms with Gasteiger partial charge in [0.15, 0.2) is 0 Å². The normalized spacial score (nSPS) is 18.8. The number of nitrogens with one attached hydrogen (secondary N) is 1. The zero-order valence-electron chi connectivity index (χ0n) is 14.3. The number of hydrogen-bond acceptors (Lipinski definition) is 7. The smallest absolute Gasteiger partial charge is 0.349 e. The van der Waals surface area contributed by atoms with E-state index in [0.717, 1.165) is 11.1 Å². The fourth-order valence-corrected chi connectivity index (χ4v) is 3.64. The van der Waals surface area contributed by atoms with E-state index in [9.17, 15) is 14.9 Å². The molecule has 2 aromatic carbocycles. The third-order valence-corrected chi connectivity index (χ3v) is 5.23. The molecule has 3 rings (SSSR count). The number of nitro groups is 1. The van der Waals surface area contributed by atoms with E-state index < -0.39 is 15.8 Å². The summed E-state index contributed by atoms with van der Waals surface area (Å²) in [6.45, 7) is 3.93. The molecule has 1 N–H and O–H groups in total. The molecular formula is C18H17N3O4S. The summed E-state index contributed by atoms with van der Waals surface area (Å²) >= 11 is 1.23. The number of non-ortho nitro benzene ring substituents is 1. The van der Waals surface area contributed by atoms with Crippen molar-refractivity contribution < 1.29 is 14.5 Å². The van der Waals surface area contributed by atoms with Crippen molar-refractivity contribution in [3.8, 4) is 0 Å². The summed E-state index contributed by atoms with van der Waals surface area (Å²) in [4.78, 5) is 21.8. The van der Waals surface area contributed by atoms with Gasteiger partial charge in [-0.1, -0.05) is 41.6 Å². The molecule has 0 fully saturated rings. The standard InChI is InChI=1S/C18H17N3O4S/c1-3-25-17(22)18(14-8-10-15(11-9-14)21(23)24)20-19-16(26-18)13-6-4-12(2)5-7-13/h4-11,20H,3H2,1-2H3. The third-order valence-electron chi connectivity index (χ3n) is 3.91. The Bertz CT molecular complexity index is 865. The van der Waals surface area contributed by atoms with Gasteiger partial charge in [0, 0.05) is 23.3 Å². The summed E-state index contributed by atoms with van der Waals surface area (Å²) in [6.07, 6.45) is 0. The van der Waals surface area contributed by atoms with Crippen molar-refractivity contribution in [3.63, 3.8) is 0 Å². The predicted octanol–water partition coefficient (Wildman–Crippen LogP) is 3.32. The molecule has 1 heterocycles. The molecule has 134 valence electrons. The van der Waals surface area contributed by atoms with Gasteiger partial charge < -0.3 is 4.74 Å². The lowest BCUT2D eigenvalue weighted by atomic mass is 10.1. The van der Waals surface area contributed by atoms with Crippen LogP contribution in [0.3, 0.4) is 0 Å². The number of nitrogens with zero attached hydrogens (tertiary/aromatic N) is 2. The number of hydrazone groups is 1. The minimum Gasteiger partial charge on any atom is -0.463 e. The first-order valence-corrected chi connectivity index (χ1v) is 8.81. The average Bonchev–Trinajstić information content (AvgIpc) is 3.09. The van der Waals surface area contributed by atoms with Crippen LogP contribution in [0.15, 0.2) is 53.6 Å². The highest BCUT2D eigenvalue weighted by Gasteiger charge is 2.48. The number of nitro benzene ring substituents is 1. The van der Waals surface area contributed by atoms with E-state index in [1.807, 2.05) is 31.2 Å². The van der Waals surface area contributed by atoms with Gasteiger partial charge in [0.05, 0.1) is 11.5 Å². The molecule has 0 saturated heterocycles. The monoisotopic (exact) mass is 371 g/mol. The zero-order valence-corrected chi connectivity index (χ0v) is 15.1. The maximum Gasteiger partial charge on any atom is 0.349 e. The van der Waals surface area contributed by atoms with Crippen LogP contribution in [0.25, 0.3) is 0 Å². The fraction of sp³-hybridized carbons (Fsp3) is 0.222. The fourth-order valence-electron chi connectivity index (χ4n) is 2.52. The van der Waals surface area contributed by atoms with Gasteiger partial charge in [-0.2, -0.15) is 5.10 Å². The lowest BCUT2D eigenvalue weighted by Crippen LogP contribution is -2.42. The highest BCUT2D eigenvalue weighted by molar-refractivity contribution is 8.16. The van der Waals surface area contributed by atoms with E-state index >= 15 is 0 Å². The topological polar surface area (TPSA) is 93.8 Å². The highest BCUT2D eigenvalue weighted by Crippen LogP contribution is 2.42. The minimum atomic E-state index is -1.27. The van der Waals surface area contributed by atoms with E-state index in [1.165, 1.54) is 23.9 Å². The number of aryl methyl sites for hydroxylation is 1. The predicted molar refractivity (Wildman–Crippen MR) is 99.9 cm³/mol. The number of hydrogen-bond donors (Lipinski definition) is 1. The molecule has 0 saturated carbocycles. The Hall–Kier alpha value is -2.87. The molecule has 0 amide bonds. The molecule has 26 heavy (non-hydrogen) atoms. The molecule has 1 aliphatic rings. The van der Waals surface area contributed by atoms with Gasteiger partial charge in [-0.15, -0.1) is 0 Å². The van der Waals surface area contributed by atoms with Gasteiger partial charge in [-0.25, -0.2) is 4.79 Å². The maximum atomic E-state index is 12.7. The second-order valence-corrected chi connectivity index (χ2v) is 6.91. The van der Waals surface area contributed by atoms with Crippen LogP contribution in [0, 0.1) is 17.0 Å². The van der Waals surface area contributed by atoms with Crippen LogP contribution in [0.1, 0.15) is 23.6 Å². The second-order valence-electron chi connectivity index (χ2n) is 5.70. The molecular weight excluding hydrogens is 354 g/mol. The van der Waals surface area contributed by atoms with Crippen molar-refractivity contribution in [1.29, 1.82) is 0 Å². The van der Waals surface area contributed by atoms with Crippen LogP contribution in [-0.2, 0) is 14.4 Å². The molecule has 1 unspecified atom stereocenters. The quantitative estimate of drug-likeness (QED) is 0.492. The molecule has 0 aliphatic carbocycles. The van der Waals surface area contributed by atoms with Crippen molar-refractivity contribution in [1.82, 2.24) is 5.43 Å². The average molecular weight is 371 g/mol. The van der Waals surface area contributed by atoms with E-state index in [1.54, 1.807) is 19.1 Å². The summed E-state index contributed by atoms with van der Waals surface area (Å²) in [7, 11) is 0. The Kier molecular flexibility index (Phi) is 4.94. The third kappa shape index (κ3) is 3.28. The van der Waals surface area contributed by atoms with E-state index in [2.05, 4.69) is 10.5 Å². The van der Waals surface area contributed by atoms with Crippen LogP contribution in [0.2, 0.25) is 0 Å². The molecule has 1 aliphatic heterocycles. The van der Waals surface area contributed by atoms with Crippen molar-refractivity contribution >= 4 is 28.5 Å². The Morgan fingerprint density at radius 2 is 1.88 bits per heavy atom. The maximum absolute atomic E-state index is 12.7. The first kappa shape index (κ1) is 17.9. The Labute approximate surface area is 154 Å². The number of benzene rings is 2. The zero-order chi connectivity index (χ0) is 18.7. The number of thioether (sulfide) groups is 1. The second kappa shape index (κ2) is 7.17. The molecule has 0 aromatic heterocycles. The van der Waals surface area contributed by atoms with Crippen LogP contribution in [0.5, 0.6) is 0 Å². The number of carbonyl (C=O) groups excluding carboxylic acids is 1. The minimum absolute atomic E-state index is 0.0459. The van der Waals surface area contributed by atoms with Crippen molar-refractivity contribution in [2.24, 2.45) is 5.10 Å².